The molecule has 0 aromatic heterocycles. The fourth-order valence-corrected chi connectivity index (χ4v) is 2.12. The quantitative estimate of drug-likeness (QED) is 0.857. The lowest BCUT2D eigenvalue weighted by molar-refractivity contribution is 0.191. The molecule has 5 heteroatoms. The first-order valence-electron chi connectivity index (χ1n) is 6.53. The van der Waals surface area contributed by atoms with Crippen LogP contribution in [0.5, 0.6) is 11.5 Å². The molecule has 0 aliphatic carbocycles. The van der Waals surface area contributed by atoms with E-state index in [0.717, 1.165) is 11.3 Å². The van der Waals surface area contributed by atoms with E-state index in [4.69, 9.17) is 21.1 Å². The second kappa shape index (κ2) is 7.20. The Kier molecular flexibility index (Phi) is 5.31. The molecule has 0 bridgehead atoms. The van der Waals surface area contributed by atoms with Crippen LogP contribution >= 0.6 is 11.6 Å². The average molecular weight is 308 g/mol. The Balaban J connectivity index is 2.05. The molecule has 0 fully saturated rings. The van der Waals surface area contributed by atoms with Gasteiger partial charge in [0.2, 0.25) is 0 Å². The Bertz CT molecular complexity index is 604. The number of aliphatic hydroxyl groups is 1. The van der Waals surface area contributed by atoms with E-state index in [-0.39, 0.29) is 0 Å². The summed E-state index contributed by atoms with van der Waals surface area (Å²) >= 11 is 6.11. The van der Waals surface area contributed by atoms with Gasteiger partial charge in [-0.15, -0.1) is 0 Å². The molecule has 2 rings (SSSR count). The molecular formula is C16H18ClNO3. The van der Waals surface area contributed by atoms with Gasteiger partial charge in [-0.25, -0.2) is 0 Å². The third-order valence-electron chi connectivity index (χ3n) is 3.14. The molecule has 2 aromatic carbocycles. The Hall–Kier alpha value is -1.91. The van der Waals surface area contributed by atoms with Crippen molar-refractivity contribution in [3.8, 4) is 11.5 Å². The van der Waals surface area contributed by atoms with Gasteiger partial charge < -0.3 is 19.9 Å². The molecule has 2 N–H and O–H groups in total. The summed E-state index contributed by atoms with van der Waals surface area (Å²) < 4.78 is 10.3. The second-order valence-corrected chi connectivity index (χ2v) is 4.93. The summed E-state index contributed by atoms with van der Waals surface area (Å²) in [6.45, 7) is 0.333. The second-order valence-electron chi connectivity index (χ2n) is 4.52. The molecule has 0 spiro atoms. The zero-order chi connectivity index (χ0) is 15.2. The van der Waals surface area contributed by atoms with Gasteiger partial charge >= 0.3 is 0 Å². The Morgan fingerprint density at radius 1 is 1.10 bits per heavy atom. The zero-order valence-corrected chi connectivity index (χ0v) is 12.7. The molecule has 0 saturated carbocycles. The van der Waals surface area contributed by atoms with Gasteiger partial charge in [-0.05, 0) is 29.8 Å². The van der Waals surface area contributed by atoms with Crippen molar-refractivity contribution in [2.75, 3.05) is 26.1 Å². The number of halogens is 1. The third kappa shape index (κ3) is 4.03. The summed E-state index contributed by atoms with van der Waals surface area (Å²) in [6.07, 6.45) is -0.664. The van der Waals surface area contributed by atoms with Crippen molar-refractivity contribution in [2.45, 2.75) is 6.10 Å². The van der Waals surface area contributed by atoms with Crippen molar-refractivity contribution in [1.82, 2.24) is 0 Å². The van der Waals surface area contributed by atoms with E-state index >= 15 is 0 Å². The van der Waals surface area contributed by atoms with Gasteiger partial charge in [0.15, 0.2) is 0 Å². The van der Waals surface area contributed by atoms with Crippen LogP contribution in [0, 0.1) is 0 Å². The summed E-state index contributed by atoms with van der Waals surface area (Å²) in [5.41, 5.74) is 1.50. The van der Waals surface area contributed by atoms with E-state index < -0.39 is 6.10 Å². The summed E-state index contributed by atoms with van der Waals surface area (Å²) in [7, 11) is 3.19. The maximum Gasteiger partial charge on any atom is 0.121 e. The molecule has 1 atom stereocenters. The number of methoxy groups -OCH3 is 2. The third-order valence-corrected chi connectivity index (χ3v) is 3.47. The Morgan fingerprint density at radius 3 is 2.52 bits per heavy atom. The number of anilines is 1. The van der Waals surface area contributed by atoms with Gasteiger partial charge in [-0.2, -0.15) is 0 Å². The molecule has 21 heavy (non-hydrogen) atoms. The van der Waals surface area contributed by atoms with Crippen molar-refractivity contribution in [2.24, 2.45) is 0 Å². The highest BCUT2D eigenvalue weighted by Crippen LogP contribution is 2.27. The zero-order valence-electron chi connectivity index (χ0n) is 12.0. The fraction of sp³-hybridized carbons (Fsp3) is 0.250. The summed E-state index contributed by atoms with van der Waals surface area (Å²) in [6, 6.07) is 12.7. The van der Waals surface area contributed by atoms with E-state index in [0.29, 0.717) is 23.1 Å². The van der Waals surface area contributed by atoms with Crippen LogP contribution < -0.4 is 14.8 Å². The maximum absolute atomic E-state index is 10.2. The van der Waals surface area contributed by atoms with Crippen LogP contribution in [0.3, 0.4) is 0 Å². The first-order chi connectivity index (χ1) is 10.1. The Labute approximate surface area is 129 Å². The molecule has 1 unspecified atom stereocenters. The average Bonchev–Trinajstić information content (AvgIpc) is 2.53. The lowest BCUT2D eigenvalue weighted by Crippen LogP contribution is -2.12. The van der Waals surface area contributed by atoms with Crippen LogP contribution in [-0.4, -0.2) is 25.9 Å². The van der Waals surface area contributed by atoms with Crippen LogP contribution in [0.2, 0.25) is 5.02 Å². The van der Waals surface area contributed by atoms with Crippen molar-refractivity contribution < 1.29 is 14.6 Å². The number of benzene rings is 2. The predicted molar refractivity (Wildman–Crippen MR) is 84.4 cm³/mol. The van der Waals surface area contributed by atoms with Crippen molar-refractivity contribution in [3.63, 3.8) is 0 Å². The van der Waals surface area contributed by atoms with Crippen LogP contribution in [0.15, 0.2) is 42.5 Å². The highest BCUT2D eigenvalue weighted by molar-refractivity contribution is 6.33. The number of hydrogen-bond acceptors (Lipinski definition) is 4. The topological polar surface area (TPSA) is 50.7 Å². The van der Waals surface area contributed by atoms with Crippen LogP contribution in [0.1, 0.15) is 11.7 Å². The number of hydrogen-bond donors (Lipinski definition) is 2. The lowest BCUT2D eigenvalue weighted by atomic mass is 10.1. The molecule has 2 aromatic rings. The molecule has 112 valence electrons. The largest absolute Gasteiger partial charge is 0.497 e. The number of ether oxygens (including phenoxy) is 2. The van der Waals surface area contributed by atoms with E-state index in [1.165, 1.54) is 0 Å². The van der Waals surface area contributed by atoms with Crippen molar-refractivity contribution >= 4 is 17.3 Å². The number of nitrogens with one attached hydrogen (secondary N) is 1. The van der Waals surface area contributed by atoms with Gasteiger partial charge in [0.25, 0.3) is 0 Å². The minimum atomic E-state index is -0.664. The molecular weight excluding hydrogens is 290 g/mol. The van der Waals surface area contributed by atoms with Crippen molar-refractivity contribution in [3.05, 3.63) is 53.1 Å². The van der Waals surface area contributed by atoms with E-state index in [2.05, 4.69) is 5.32 Å². The minimum Gasteiger partial charge on any atom is -0.497 e. The standard InChI is InChI=1S/C16H18ClNO3/c1-20-12-5-3-4-11(8-12)16(19)10-18-15-9-13(21-2)6-7-14(15)17/h3-9,16,18-19H,10H2,1-2H3. The van der Waals surface area contributed by atoms with Crippen LogP contribution in [0.25, 0.3) is 0 Å². The van der Waals surface area contributed by atoms with Gasteiger partial charge in [-0.1, -0.05) is 23.7 Å². The summed E-state index contributed by atoms with van der Waals surface area (Å²) in [4.78, 5) is 0. The molecule has 0 heterocycles. The van der Waals surface area contributed by atoms with E-state index in [9.17, 15) is 5.11 Å². The summed E-state index contributed by atoms with van der Waals surface area (Å²) in [5.74, 6) is 1.42. The van der Waals surface area contributed by atoms with Gasteiger partial charge in [0, 0.05) is 12.6 Å². The van der Waals surface area contributed by atoms with E-state index in [1.54, 1.807) is 38.5 Å². The molecule has 0 amide bonds. The van der Waals surface area contributed by atoms with Gasteiger partial charge in [-0.3, -0.25) is 0 Å². The van der Waals surface area contributed by atoms with Gasteiger partial charge in [0.1, 0.15) is 11.5 Å². The molecule has 0 saturated heterocycles. The SMILES string of the molecule is COc1cccc(C(O)CNc2cc(OC)ccc2Cl)c1. The van der Waals surface area contributed by atoms with E-state index in [1.807, 2.05) is 18.2 Å². The normalized spacial score (nSPS) is 11.8. The highest BCUT2D eigenvalue weighted by atomic mass is 35.5. The minimum absolute atomic E-state index is 0.333. The molecule has 4 nitrogen and oxygen atoms in total. The highest BCUT2D eigenvalue weighted by Gasteiger charge is 2.10. The Morgan fingerprint density at radius 2 is 1.81 bits per heavy atom. The lowest BCUT2D eigenvalue weighted by Gasteiger charge is -2.15. The smallest absolute Gasteiger partial charge is 0.121 e. The molecule has 0 radical (unpaired) electrons. The van der Waals surface area contributed by atoms with Crippen LogP contribution in [-0.2, 0) is 0 Å². The predicted octanol–water partition coefficient (Wildman–Crippen LogP) is 3.50. The maximum atomic E-state index is 10.2. The summed E-state index contributed by atoms with van der Waals surface area (Å²) in [5, 5.41) is 13.9. The molecule has 0 aliphatic rings. The first kappa shape index (κ1) is 15.5. The number of aliphatic hydroxyl groups excluding tert-OH is 1. The van der Waals surface area contributed by atoms with Crippen molar-refractivity contribution in [1.29, 1.82) is 0 Å². The van der Waals surface area contributed by atoms with Gasteiger partial charge in [0.05, 0.1) is 31.0 Å². The van der Waals surface area contributed by atoms with Crippen LogP contribution in [0.4, 0.5) is 5.69 Å². The fourth-order valence-electron chi connectivity index (χ4n) is 1.94. The first-order valence-corrected chi connectivity index (χ1v) is 6.91. The monoisotopic (exact) mass is 307 g/mol. The number of rotatable bonds is 6. The molecule has 0 aliphatic heterocycles.